The van der Waals surface area contributed by atoms with E-state index in [1.165, 1.54) is 0 Å². The molecule has 1 saturated heterocycles. The normalized spacial score (nSPS) is 24.6. The standard InChI is InChI=1S/C17H25N3O4/c1-10-18-12(24-19-10)11-6-8-20(9-7-11)13(21)17(14(22)23)15(2,3)16(17,4)5/h11H,6-9H2,1-5H3,(H,22,23). The summed E-state index contributed by atoms with van der Waals surface area (Å²) in [6.07, 6.45) is 1.42. The summed E-state index contributed by atoms with van der Waals surface area (Å²) in [6, 6.07) is 0. The summed E-state index contributed by atoms with van der Waals surface area (Å²) in [5.74, 6) is 0.0769. The van der Waals surface area contributed by atoms with E-state index >= 15 is 0 Å². The van der Waals surface area contributed by atoms with Crippen molar-refractivity contribution in [1.29, 1.82) is 0 Å². The Morgan fingerprint density at radius 2 is 1.71 bits per heavy atom. The molecule has 0 unspecified atom stereocenters. The molecule has 0 atom stereocenters. The Kier molecular flexibility index (Phi) is 3.55. The van der Waals surface area contributed by atoms with Crippen LogP contribution in [0.4, 0.5) is 0 Å². The molecule has 0 spiro atoms. The van der Waals surface area contributed by atoms with Crippen molar-refractivity contribution in [3.8, 4) is 0 Å². The molecule has 0 aromatic carbocycles. The van der Waals surface area contributed by atoms with Crippen LogP contribution in [0.25, 0.3) is 0 Å². The number of carboxylic acid groups (broad SMARTS) is 1. The van der Waals surface area contributed by atoms with Crippen molar-refractivity contribution in [2.45, 2.75) is 53.4 Å². The number of hydrogen-bond donors (Lipinski definition) is 1. The first-order valence-electron chi connectivity index (χ1n) is 8.40. The molecule has 0 radical (unpaired) electrons. The molecule has 1 saturated carbocycles. The molecule has 1 aliphatic heterocycles. The molecule has 1 amide bonds. The summed E-state index contributed by atoms with van der Waals surface area (Å²) in [6.45, 7) is 10.3. The summed E-state index contributed by atoms with van der Waals surface area (Å²) in [5.41, 5.74) is -2.47. The maximum Gasteiger partial charge on any atom is 0.320 e. The maximum absolute atomic E-state index is 13.1. The Morgan fingerprint density at radius 1 is 1.17 bits per heavy atom. The zero-order valence-electron chi connectivity index (χ0n) is 14.9. The molecule has 1 aromatic heterocycles. The van der Waals surface area contributed by atoms with E-state index in [4.69, 9.17) is 4.52 Å². The molecule has 1 N–H and O–H groups in total. The average molecular weight is 335 g/mol. The third-order valence-corrected chi connectivity index (χ3v) is 6.69. The van der Waals surface area contributed by atoms with Gasteiger partial charge in [-0.05, 0) is 30.6 Å². The van der Waals surface area contributed by atoms with Gasteiger partial charge in [-0.25, -0.2) is 0 Å². The van der Waals surface area contributed by atoms with E-state index < -0.39 is 22.2 Å². The van der Waals surface area contributed by atoms with Crippen LogP contribution in [0.3, 0.4) is 0 Å². The number of piperidine rings is 1. The number of carbonyl (C=O) groups excluding carboxylic acids is 1. The molecule has 2 aliphatic rings. The predicted molar refractivity (Wildman–Crippen MR) is 85.2 cm³/mol. The van der Waals surface area contributed by atoms with Crippen LogP contribution in [0.15, 0.2) is 4.52 Å². The third-order valence-electron chi connectivity index (χ3n) is 6.69. The fourth-order valence-electron chi connectivity index (χ4n) is 4.52. The highest BCUT2D eigenvalue weighted by Gasteiger charge is 2.86. The van der Waals surface area contributed by atoms with Gasteiger partial charge in [0.05, 0.1) is 0 Å². The summed E-state index contributed by atoms with van der Waals surface area (Å²) in [5, 5.41) is 13.6. The van der Waals surface area contributed by atoms with Crippen molar-refractivity contribution in [2.75, 3.05) is 13.1 Å². The molecular formula is C17H25N3O4. The molecule has 1 aliphatic carbocycles. The number of carboxylic acids is 1. The van der Waals surface area contributed by atoms with Gasteiger partial charge >= 0.3 is 5.97 Å². The number of nitrogens with zero attached hydrogens (tertiary/aromatic N) is 3. The van der Waals surface area contributed by atoms with E-state index in [1.54, 1.807) is 11.8 Å². The van der Waals surface area contributed by atoms with Crippen molar-refractivity contribution >= 4 is 11.9 Å². The highest BCUT2D eigenvalue weighted by Crippen LogP contribution is 2.78. The maximum atomic E-state index is 13.1. The highest BCUT2D eigenvalue weighted by atomic mass is 16.5. The fourth-order valence-corrected chi connectivity index (χ4v) is 4.52. The number of rotatable bonds is 3. The summed E-state index contributed by atoms with van der Waals surface area (Å²) < 4.78 is 5.22. The Balaban J connectivity index is 1.75. The number of aromatic nitrogens is 2. The minimum atomic E-state index is -1.34. The zero-order valence-corrected chi connectivity index (χ0v) is 14.9. The lowest BCUT2D eigenvalue weighted by Gasteiger charge is -2.33. The highest BCUT2D eigenvalue weighted by molar-refractivity contribution is 6.08. The smallest absolute Gasteiger partial charge is 0.320 e. The minimum Gasteiger partial charge on any atom is -0.480 e. The predicted octanol–water partition coefficient (Wildman–Crippen LogP) is 2.22. The van der Waals surface area contributed by atoms with Crippen LogP contribution in [0.2, 0.25) is 0 Å². The number of carbonyl (C=O) groups is 2. The summed E-state index contributed by atoms with van der Waals surface area (Å²) in [4.78, 5) is 31.1. The second-order valence-electron chi connectivity index (χ2n) is 8.05. The van der Waals surface area contributed by atoms with E-state index in [9.17, 15) is 14.7 Å². The topological polar surface area (TPSA) is 96.5 Å². The van der Waals surface area contributed by atoms with E-state index in [1.807, 2.05) is 27.7 Å². The zero-order chi connectivity index (χ0) is 17.9. The van der Waals surface area contributed by atoms with Crippen LogP contribution >= 0.6 is 0 Å². The monoisotopic (exact) mass is 335 g/mol. The quantitative estimate of drug-likeness (QED) is 0.851. The van der Waals surface area contributed by atoms with Crippen LogP contribution in [0.5, 0.6) is 0 Å². The Bertz CT molecular complexity index is 670. The number of aliphatic carboxylic acids is 1. The average Bonchev–Trinajstić information content (AvgIpc) is 2.81. The Labute approximate surface area is 141 Å². The van der Waals surface area contributed by atoms with Crippen molar-refractivity contribution in [1.82, 2.24) is 15.0 Å². The molecule has 0 bridgehead atoms. The fraction of sp³-hybridized carbons (Fsp3) is 0.765. The van der Waals surface area contributed by atoms with Crippen LogP contribution in [0, 0.1) is 23.2 Å². The van der Waals surface area contributed by atoms with Gasteiger partial charge in [0, 0.05) is 19.0 Å². The van der Waals surface area contributed by atoms with Crippen LogP contribution < -0.4 is 0 Å². The van der Waals surface area contributed by atoms with Crippen molar-refractivity contribution < 1.29 is 19.2 Å². The van der Waals surface area contributed by atoms with E-state index in [2.05, 4.69) is 10.1 Å². The molecule has 24 heavy (non-hydrogen) atoms. The Morgan fingerprint density at radius 3 is 2.08 bits per heavy atom. The summed E-state index contributed by atoms with van der Waals surface area (Å²) in [7, 11) is 0. The number of hydrogen-bond acceptors (Lipinski definition) is 5. The summed E-state index contributed by atoms with van der Waals surface area (Å²) >= 11 is 0. The molecule has 7 heteroatoms. The van der Waals surface area contributed by atoms with Crippen molar-refractivity contribution in [2.24, 2.45) is 16.2 Å². The van der Waals surface area contributed by atoms with Gasteiger partial charge in [0.15, 0.2) is 11.2 Å². The van der Waals surface area contributed by atoms with Gasteiger partial charge in [0.25, 0.3) is 0 Å². The van der Waals surface area contributed by atoms with Gasteiger partial charge < -0.3 is 14.5 Å². The minimum absolute atomic E-state index is 0.135. The lowest BCUT2D eigenvalue weighted by atomic mass is 9.90. The van der Waals surface area contributed by atoms with Gasteiger partial charge in [0.2, 0.25) is 11.8 Å². The lowest BCUT2D eigenvalue weighted by molar-refractivity contribution is -0.157. The molecule has 2 heterocycles. The first-order chi connectivity index (χ1) is 11.1. The first-order valence-corrected chi connectivity index (χ1v) is 8.40. The molecular weight excluding hydrogens is 310 g/mol. The molecule has 2 fully saturated rings. The van der Waals surface area contributed by atoms with E-state index in [0.29, 0.717) is 37.6 Å². The van der Waals surface area contributed by atoms with E-state index in [-0.39, 0.29) is 11.8 Å². The second kappa shape index (κ2) is 5.04. The van der Waals surface area contributed by atoms with Gasteiger partial charge in [-0.3, -0.25) is 9.59 Å². The molecule has 1 aromatic rings. The number of aryl methyl sites for hydroxylation is 1. The molecule has 7 nitrogen and oxygen atoms in total. The SMILES string of the molecule is Cc1noc(C2CCN(C(=O)C3(C(=O)O)C(C)(C)C3(C)C)CC2)n1. The lowest BCUT2D eigenvalue weighted by Crippen LogP contribution is -2.47. The van der Waals surface area contributed by atoms with Crippen LogP contribution in [-0.2, 0) is 9.59 Å². The largest absolute Gasteiger partial charge is 0.480 e. The molecule has 132 valence electrons. The van der Waals surface area contributed by atoms with E-state index in [0.717, 1.165) is 0 Å². The van der Waals surface area contributed by atoms with Crippen LogP contribution in [-0.4, -0.2) is 45.1 Å². The van der Waals surface area contributed by atoms with Gasteiger partial charge in [-0.1, -0.05) is 32.9 Å². The Hall–Kier alpha value is -1.92. The first kappa shape index (κ1) is 16.9. The van der Waals surface area contributed by atoms with Gasteiger partial charge in [0.1, 0.15) is 0 Å². The number of likely N-dealkylation sites (tertiary alicyclic amines) is 1. The second-order valence-corrected chi connectivity index (χ2v) is 8.05. The van der Waals surface area contributed by atoms with Crippen LogP contribution in [0.1, 0.15) is 58.2 Å². The van der Waals surface area contributed by atoms with Gasteiger partial charge in [-0.2, -0.15) is 4.98 Å². The van der Waals surface area contributed by atoms with Crippen molar-refractivity contribution in [3.63, 3.8) is 0 Å². The van der Waals surface area contributed by atoms with Gasteiger partial charge in [-0.15, -0.1) is 0 Å². The number of amides is 1. The third kappa shape index (κ3) is 1.90. The van der Waals surface area contributed by atoms with Crippen molar-refractivity contribution in [3.05, 3.63) is 11.7 Å². The molecule has 3 rings (SSSR count).